The number of piperidine rings is 3. The van der Waals surface area contributed by atoms with Crippen molar-refractivity contribution < 1.29 is 4.74 Å². The molecule has 0 saturated carbocycles. The average Bonchev–Trinajstić information content (AvgIpc) is 2.19. The van der Waals surface area contributed by atoms with Crippen molar-refractivity contribution in [1.29, 1.82) is 0 Å². The van der Waals surface area contributed by atoms with Crippen molar-refractivity contribution in [2.45, 2.75) is 45.3 Å². The second-order valence-corrected chi connectivity index (χ2v) is 4.53. The Hall–Kier alpha value is -0.0800. The van der Waals surface area contributed by atoms with Gasteiger partial charge in [0.15, 0.2) is 0 Å². The van der Waals surface area contributed by atoms with Crippen LogP contribution < -0.4 is 0 Å². The lowest BCUT2D eigenvalue weighted by Gasteiger charge is -2.45. The molecule has 3 fully saturated rings. The first-order valence-electron chi connectivity index (χ1n) is 5.67. The van der Waals surface area contributed by atoms with Crippen molar-refractivity contribution >= 4 is 0 Å². The first-order chi connectivity index (χ1) is 6.29. The van der Waals surface area contributed by atoms with Crippen molar-refractivity contribution in [2.75, 3.05) is 19.6 Å². The number of ether oxygens (including phenoxy) is 1. The average molecular weight is 183 g/mol. The van der Waals surface area contributed by atoms with Gasteiger partial charge in [0.1, 0.15) is 0 Å². The number of fused-ring (bicyclic) bond motifs is 3. The van der Waals surface area contributed by atoms with E-state index in [0.717, 1.165) is 12.3 Å². The molecule has 0 aliphatic carbocycles. The zero-order valence-electron chi connectivity index (χ0n) is 8.83. The van der Waals surface area contributed by atoms with Gasteiger partial charge in [-0.2, -0.15) is 0 Å². The first kappa shape index (κ1) is 9.47. The quantitative estimate of drug-likeness (QED) is 0.662. The minimum absolute atomic E-state index is 0.450. The van der Waals surface area contributed by atoms with Crippen molar-refractivity contribution in [3.05, 3.63) is 0 Å². The summed E-state index contributed by atoms with van der Waals surface area (Å²) in [6.07, 6.45) is 4.86. The number of rotatable bonds is 3. The van der Waals surface area contributed by atoms with Crippen LogP contribution in [-0.4, -0.2) is 36.7 Å². The van der Waals surface area contributed by atoms with E-state index in [1.54, 1.807) is 0 Å². The van der Waals surface area contributed by atoms with Gasteiger partial charge >= 0.3 is 0 Å². The second-order valence-electron chi connectivity index (χ2n) is 4.53. The lowest BCUT2D eigenvalue weighted by atomic mass is 9.86. The van der Waals surface area contributed by atoms with Crippen molar-refractivity contribution in [1.82, 2.24) is 4.90 Å². The molecule has 3 rings (SSSR count). The van der Waals surface area contributed by atoms with E-state index in [1.807, 2.05) is 0 Å². The normalized spacial score (nSPS) is 40.6. The monoisotopic (exact) mass is 183 g/mol. The Morgan fingerprint density at radius 2 is 2.08 bits per heavy atom. The lowest BCUT2D eigenvalue weighted by molar-refractivity contribution is -0.0978. The molecule has 2 heteroatoms. The molecule has 0 amide bonds. The summed E-state index contributed by atoms with van der Waals surface area (Å²) in [7, 11) is 0. The fraction of sp³-hybridized carbons (Fsp3) is 1.00. The minimum atomic E-state index is 0.450. The molecule has 0 N–H and O–H groups in total. The van der Waals surface area contributed by atoms with Gasteiger partial charge in [0, 0.05) is 6.54 Å². The Morgan fingerprint density at radius 3 is 2.54 bits per heavy atom. The van der Waals surface area contributed by atoms with Crippen LogP contribution in [0.15, 0.2) is 0 Å². The Morgan fingerprint density at radius 1 is 1.38 bits per heavy atom. The maximum Gasteiger partial charge on any atom is 0.0734 e. The Bertz CT molecular complexity index is 163. The van der Waals surface area contributed by atoms with Crippen molar-refractivity contribution in [2.24, 2.45) is 5.92 Å². The predicted molar refractivity (Wildman–Crippen MR) is 53.8 cm³/mol. The summed E-state index contributed by atoms with van der Waals surface area (Å²) in [5.41, 5.74) is 0. The highest BCUT2D eigenvalue weighted by Gasteiger charge is 2.35. The number of hydrogen-bond acceptors (Lipinski definition) is 2. The van der Waals surface area contributed by atoms with Crippen LogP contribution in [0.25, 0.3) is 0 Å². The molecule has 2 nitrogen and oxygen atoms in total. The summed E-state index contributed by atoms with van der Waals surface area (Å²) < 4.78 is 6.03. The fourth-order valence-corrected chi connectivity index (χ4v) is 2.46. The number of nitrogens with zero attached hydrogens (tertiary/aromatic N) is 1. The molecule has 0 aromatic carbocycles. The lowest BCUT2D eigenvalue weighted by Crippen LogP contribution is -2.52. The van der Waals surface area contributed by atoms with E-state index < -0.39 is 0 Å². The predicted octanol–water partition coefficient (Wildman–Crippen LogP) is 1.90. The van der Waals surface area contributed by atoms with Crippen LogP contribution in [0.1, 0.15) is 33.1 Å². The molecule has 0 unspecified atom stereocenters. The SMILES string of the molecule is CC[C@H](C)O[C@H]1CN2CCC1CC2. The van der Waals surface area contributed by atoms with E-state index in [4.69, 9.17) is 4.74 Å². The van der Waals surface area contributed by atoms with E-state index in [1.165, 1.54) is 32.5 Å². The molecule has 2 atom stereocenters. The van der Waals surface area contributed by atoms with E-state index in [-0.39, 0.29) is 0 Å². The zero-order chi connectivity index (χ0) is 9.26. The highest BCUT2D eigenvalue weighted by molar-refractivity contribution is 4.87. The van der Waals surface area contributed by atoms with Gasteiger partial charge in [-0.25, -0.2) is 0 Å². The van der Waals surface area contributed by atoms with E-state index >= 15 is 0 Å². The van der Waals surface area contributed by atoms with Crippen molar-refractivity contribution in [3.63, 3.8) is 0 Å². The van der Waals surface area contributed by atoms with Gasteiger partial charge in [0.2, 0.25) is 0 Å². The molecule has 76 valence electrons. The van der Waals surface area contributed by atoms with Gasteiger partial charge in [-0.15, -0.1) is 0 Å². The van der Waals surface area contributed by atoms with Crippen molar-refractivity contribution in [3.8, 4) is 0 Å². The summed E-state index contributed by atoms with van der Waals surface area (Å²) in [5.74, 6) is 0.860. The van der Waals surface area contributed by atoms with Crippen LogP contribution in [0.2, 0.25) is 0 Å². The molecule has 2 bridgehead atoms. The Kier molecular flexibility index (Phi) is 2.89. The smallest absolute Gasteiger partial charge is 0.0734 e. The molecule has 0 radical (unpaired) electrons. The van der Waals surface area contributed by atoms with Gasteiger partial charge in [-0.05, 0) is 45.2 Å². The molecule has 0 aromatic heterocycles. The molecule has 3 aliphatic rings. The van der Waals surface area contributed by atoms with Gasteiger partial charge in [-0.3, -0.25) is 0 Å². The summed E-state index contributed by atoms with van der Waals surface area (Å²) in [6, 6.07) is 0. The summed E-state index contributed by atoms with van der Waals surface area (Å²) in [6.45, 7) is 8.20. The third-order valence-corrected chi connectivity index (χ3v) is 3.58. The second kappa shape index (κ2) is 3.97. The molecule has 13 heavy (non-hydrogen) atoms. The van der Waals surface area contributed by atoms with Gasteiger partial charge in [0.05, 0.1) is 12.2 Å². The summed E-state index contributed by atoms with van der Waals surface area (Å²) >= 11 is 0. The number of hydrogen-bond donors (Lipinski definition) is 0. The van der Waals surface area contributed by atoms with Gasteiger partial charge in [0.25, 0.3) is 0 Å². The Labute approximate surface area is 81.3 Å². The fourth-order valence-electron chi connectivity index (χ4n) is 2.46. The zero-order valence-corrected chi connectivity index (χ0v) is 8.83. The van der Waals surface area contributed by atoms with Crippen LogP contribution in [0.5, 0.6) is 0 Å². The highest BCUT2D eigenvalue weighted by Crippen LogP contribution is 2.30. The minimum Gasteiger partial charge on any atom is -0.374 e. The molecule has 3 aliphatic heterocycles. The molecule has 0 aromatic rings. The summed E-state index contributed by atoms with van der Waals surface area (Å²) in [5, 5.41) is 0. The van der Waals surface area contributed by atoms with E-state index in [2.05, 4.69) is 18.7 Å². The van der Waals surface area contributed by atoms with Crippen LogP contribution in [-0.2, 0) is 4.74 Å². The summed E-state index contributed by atoms with van der Waals surface area (Å²) in [4.78, 5) is 2.55. The standard InChI is InChI=1S/C11H21NO/c1-3-9(2)13-11-8-12-6-4-10(11)5-7-12/h9-11H,3-8H2,1-2H3/t9-,11-/m0/s1. The third kappa shape index (κ3) is 2.05. The third-order valence-electron chi connectivity index (χ3n) is 3.58. The Balaban J connectivity index is 1.86. The first-order valence-corrected chi connectivity index (χ1v) is 5.67. The van der Waals surface area contributed by atoms with Crippen LogP contribution in [0.3, 0.4) is 0 Å². The van der Waals surface area contributed by atoms with Crippen LogP contribution in [0.4, 0.5) is 0 Å². The molecule has 3 saturated heterocycles. The molecular weight excluding hydrogens is 162 g/mol. The van der Waals surface area contributed by atoms with E-state index in [9.17, 15) is 0 Å². The highest BCUT2D eigenvalue weighted by atomic mass is 16.5. The largest absolute Gasteiger partial charge is 0.374 e. The van der Waals surface area contributed by atoms with Gasteiger partial charge < -0.3 is 9.64 Å². The van der Waals surface area contributed by atoms with Gasteiger partial charge in [-0.1, -0.05) is 6.92 Å². The molecule has 3 heterocycles. The maximum atomic E-state index is 6.03. The maximum absolute atomic E-state index is 6.03. The molecular formula is C11H21NO. The van der Waals surface area contributed by atoms with E-state index in [0.29, 0.717) is 12.2 Å². The topological polar surface area (TPSA) is 12.5 Å². The van der Waals surface area contributed by atoms with Crippen LogP contribution >= 0.6 is 0 Å². The molecule has 0 spiro atoms. The van der Waals surface area contributed by atoms with Crippen LogP contribution in [0, 0.1) is 5.92 Å².